The van der Waals surface area contributed by atoms with Crippen molar-refractivity contribution in [1.82, 2.24) is 20.5 Å². The highest BCUT2D eigenvalue weighted by Crippen LogP contribution is 2.41. The summed E-state index contributed by atoms with van der Waals surface area (Å²) in [6, 6.07) is 16.3. The molecule has 1 aliphatic carbocycles. The number of likely N-dealkylation sites (tertiary alicyclic amines) is 1. The molecule has 5 nitrogen and oxygen atoms in total. The quantitative estimate of drug-likeness (QED) is 0.326. The number of aliphatic imine (C=N–C) groups is 1. The molecule has 0 radical (unpaired) electrons. The third kappa shape index (κ3) is 6.65. The minimum Gasteiger partial charge on any atom is -0.354 e. The number of nitrogens with one attached hydrogen (secondary N) is 2. The predicted molar refractivity (Wildman–Crippen MR) is 139 cm³/mol. The van der Waals surface area contributed by atoms with Gasteiger partial charge in [0, 0.05) is 50.9 Å². The molecule has 31 heavy (non-hydrogen) atoms. The summed E-state index contributed by atoms with van der Waals surface area (Å²) in [5.41, 5.74) is 4.01. The number of benzene rings is 1. The Morgan fingerprint density at radius 2 is 1.84 bits per heavy atom. The van der Waals surface area contributed by atoms with Gasteiger partial charge in [0.05, 0.1) is 5.69 Å². The normalized spacial score (nSPS) is 22.1. The van der Waals surface area contributed by atoms with Crippen molar-refractivity contribution >= 4 is 29.9 Å². The molecular weight excluding hydrogens is 497 g/mol. The zero-order valence-electron chi connectivity index (χ0n) is 18.9. The first-order valence-corrected chi connectivity index (χ1v) is 11.3. The van der Waals surface area contributed by atoms with E-state index < -0.39 is 0 Å². The van der Waals surface area contributed by atoms with Crippen LogP contribution in [0.3, 0.4) is 0 Å². The average molecular weight is 534 g/mol. The molecule has 168 valence electrons. The fraction of sp³-hybridized carbons (Fsp3) is 0.520. The van der Waals surface area contributed by atoms with Crippen molar-refractivity contribution in [2.45, 2.75) is 63.6 Å². The van der Waals surface area contributed by atoms with E-state index in [9.17, 15) is 0 Å². The zero-order chi connectivity index (χ0) is 20.9. The van der Waals surface area contributed by atoms with Crippen molar-refractivity contribution in [2.75, 3.05) is 20.1 Å². The smallest absolute Gasteiger partial charge is 0.191 e. The molecule has 2 aliphatic rings. The highest BCUT2D eigenvalue weighted by Gasteiger charge is 2.39. The van der Waals surface area contributed by atoms with Gasteiger partial charge in [0.15, 0.2) is 5.96 Å². The van der Waals surface area contributed by atoms with Crippen LogP contribution >= 0.6 is 24.0 Å². The van der Waals surface area contributed by atoms with Gasteiger partial charge in [-0.25, -0.2) is 0 Å². The van der Waals surface area contributed by atoms with Gasteiger partial charge >= 0.3 is 0 Å². The van der Waals surface area contributed by atoms with Crippen molar-refractivity contribution in [3.05, 3.63) is 65.5 Å². The van der Waals surface area contributed by atoms with Crippen molar-refractivity contribution in [2.24, 2.45) is 4.99 Å². The van der Waals surface area contributed by atoms with Gasteiger partial charge in [-0.1, -0.05) is 44.2 Å². The van der Waals surface area contributed by atoms with Crippen LogP contribution in [0.5, 0.6) is 0 Å². The summed E-state index contributed by atoms with van der Waals surface area (Å²) in [5.74, 6) is 2.14. The number of nitrogens with zero attached hydrogens (tertiary/aromatic N) is 3. The van der Waals surface area contributed by atoms with Crippen LogP contribution in [0, 0.1) is 0 Å². The van der Waals surface area contributed by atoms with Crippen molar-refractivity contribution < 1.29 is 0 Å². The standard InChI is InChI=1S/C25H35N5.HI/c1-18(2)19-7-9-20(10-8-19)23-16-24(23)29-25(26-3)28-21-11-14-30(15-12-21)17-22-6-4-5-13-27-22;/h4-10,13,18,21,23-24H,11-12,14-17H2,1-3H3,(H2,26,28,29);1H. The summed E-state index contributed by atoms with van der Waals surface area (Å²) >= 11 is 0. The summed E-state index contributed by atoms with van der Waals surface area (Å²) in [6.07, 6.45) is 5.34. The number of hydrogen-bond donors (Lipinski definition) is 2. The van der Waals surface area contributed by atoms with Crippen LogP contribution in [0.25, 0.3) is 0 Å². The first kappa shape index (κ1) is 24.0. The lowest BCUT2D eigenvalue weighted by atomic mass is 10.0. The van der Waals surface area contributed by atoms with Gasteiger partial charge in [-0.05, 0) is 48.4 Å². The van der Waals surface area contributed by atoms with Gasteiger partial charge in [0.1, 0.15) is 0 Å². The Morgan fingerprint density at radius 3 is 2.45 bits per heavy atom. The van der Waals surface area contributed by atoms with Gasteiger partial charge in [-0.3, -0.25) is 14.9 Å². The Labute approximate surface area is 204 Å². The zero-order valence-corrected chi connectivity index (χ0v) is 21.3. The maximum absolute atomic E-state index is 4.49. The molecule has 1 aromatic heterocycles. The highest BCUT2D eigenvalue weighted by molar-refractivity contribution is 14.0. The molecule has 2 atom stereocenters. The summed E-state index contributed by atoms with van der Waals surface area (Å²) in [6.45, 7) is 7.63. The average Bonchev–Trinajstić information content (AvgIpc) is 3.54. The van der Waals surface area contributed by atoms with Crippen molar-refractivity contribution in [3.63, 3.8) is 0 Å². The molecule has 1 aromatic carbocycles. The Balaban J connectivity index is 0.00000272. The van der Waals surface area contributed by atoms with Gasteiger partial charge < -0.3 is 10.6 Å². The van der Waals surface area contributed by atoms with E-state index in [2.05, 4.69) is 75.8 Å². The number of pyridine rings is 1. The second-order valence-corrected chi connectivity index (χ2v) is 9.00. The summed E-state index contributed by atoms with van der Waals surface area (Å²) in [4.78, 5) is 11.4. The third-order valence-electron chi connectivity index (χ3n) is 6.41. The van der Waals surface area contributed by atoms with Crippen LogP contribution in [0.1, 0.15) is 61.8 Å². The SMILES string of the molecule is CN=C(NC1CCN(Cc2ccccn2)CC1)NC1CC1c1ccc(C(C)C)cc1.I. The third-order valence-corrected chi connectivity index (χ3v) is 6.41. The molecule has 2 N–H and O–H groups in total. The number of guanidine groups is 1. The summed E-state index contributed by atoms with van der Waals surface area (Å²) < 4.78 is 0. The van der Waals surface area contributed by atoms with Crippen molar-refractivity contribution in [1.29, 1.82) is 0 Å². The molecule has 2 heterocycles. The molecule has 2 unspecified atom stereocenters. The molecule has 4 rings (SSSR count). The monoisotopic (exact) mass is 533 g/mol. The Bertz CT molecular complexity index is 829. The molecule has 6 heteroatoms. The van der Waals surface area contributed by atoms with Crippen LogP contribution in [0.4, 0.5) is 0 Å². The van der Waals surface area contributed by atoms with Crippen LogP contribution < -0.4 is 10.6 Å². The Hall–Kier alpha value is -1.67. The highest BCUT2D eigenvalue weighted by atomic mass is 127. The van der Waals surface area contributed by atoms with E-state index in [1.165, 1.54) is 17.5 Å². The molecule has 1 saturated carbocycles. The fourth-order valence-electron chi connectivity index (χ4n) is 4.35. The maximum Gasteiger partial charge on any atom is 0.191 e. The number of aromatic nitrogens is 1. The molecule has 0 amide bonds. The molecule has 2 aromatic rings. The number of rotatable bonds is 6. The Kier molecular flexibility index (Phi) is 8.72. The van der Waals surface area contributed by atoms with Gasteiger partial charge in [-0.2, -0.15) is 0 Å². The number of hydrogen-bond acceptors (Lipinski definition) is 3. The van der Waals surface area contributed by atoms with Crippen LogP contribution in [0.2, 0.25) is 0 Å². The second kappa shape index (κ2) is 11.3. The Morgan fingerprint density at radius 1 is 1.10 bits per heavy atom. The van der Waals surface area contributed by atoms with E-state index in [0.29, 0.717) is 23.9 Å². The molecule has 1 aliphatic heterocycles. The minimum atomic E-state index is 0. The predicted octanol–water partition coefficient (Wildman–Crippen LogP) is 4.51. The second-order valence-electron chi connectivity index (χ2n) is 9.00. The molecular formula is C25H36IN5. The molecule has 0 spiro atoms. The van der Waals surface area contributed by atoms with Crippen LogP contribution in [-0.4, -0.2) is 48.1 Å². The van der Waals surface area contributed by atoms with Crippen molar-refractivity contribution in [3.8, 4) is 0 Å². The first-order chi connectivity index (χ1) is 14.6. The van der Waals surface area contributed by atoms with E-state index in [1.54, 1.807) is 0 Å². The topological polar surface area (TPSA) is 52.6 Å². The van der Waals surface area contributed by atoms with E-state index in [4.69, 9.17) is 0 Å². The first-order valence-electron chi connectivity index (χ1n) is 11.3. The van der Waals surface area contributed by atoms with E-state index in [-0.39, 0.29) is 24.0 Å². The molecule has 2 fully saturated rings. The largest absolute Gasteiger partial charge is 0.354 e. The van der Waals surface area contributed by atoms with E-state index in [1.807, 2.05) is 19.3 Å². The van der Waals surface area contributed by atoms with Gasteiger partial charge in [-0.15, -0.1) is 24.0 Å². The van der Waals surface area contributed by atoms with E-state index in [0.717, 1.165) is 44.1 Å². The summed E-state index contributed by atoms with van der Waals surface area (Å²) in [7, 11) is 1.88. The lowest BCUT2D eigenvalue weighted by Crippen LogP contribution is -2.49. The van der Waals surface area contributed by atoms with Crippen LogP contribution in [-0.2, 0) is 6.54 Å². The molecule has 0 bridgehead atoms. The van der Waals surface area contributed by atoms with Gasteiger partial charge in [0.25, 0.3) is 0 Å². The summed E-state index contributed by atoms with van der Waals surface area (Å²) in [5, 5.41) is 7.29. The minimum absolute atomic E-state index is 0. The van der Waals surface area contributed by atoms with E-state index >= 15 is 0 Å². The van der Waals surface area contributed by atoms with Crippen LogP contribution in [0.15, 0.2) is 53.7 Å². The van der Waals surface area contributed by atoms with Gasteiger partial charge in [0.2, 0.25) is 0 Å². The maximum atomic E-state index is 4.49. The molecule has 1 saturated heterocycles. The number of piperidine rings is 1. The fourth-order valence-corrected chi connectivity index (χ4v) is 4.35. The number of halogens is 1. The lowest BCUT2D eigenvalue weighted by molar-refractivity contribution is 0.196. The lowest BCUT2D eigenvalue weighted by Gasteiger charge is -2.32.